The highest BCUT2D eigenvalue weighted by Gasteiger charge is 2.36. The first-order valence-corrected chi connectivity index (χ1v) is 8.62. The number of nitrogens with zero attached hydrogens (tertiary/aromatic N) is 2. The molecule has 0 bridgehead atoms. The molecule has 0 saturated heterocycles. The lowest BCUT2D eigenvalue weighted by Crippen LogP contribution is -2.30. The smallest absolute Gasteiger partial charge is 0.172 e. The number of aromatic amines is 1. The molecule has 0 amide bonds. The number of H-pyrrole nitrogens is 1. The molecule has 2 aromatic heterocycles. The van der Waals surface area contributed by atoms with Crippen molar-refractivity contribution in [2.45, 2.75) is 39.0 Å². The molecule has 4 heteroatoms. The Balaban J connectivity index is 1.77. The van der Waals surface area contributed by atoms with E-state index in [0.29, 0.717) is 16.7 Å². The maximum atomic E-state index is 13.2. The molecule has 0 unspecified atom stereocenters. The predicted molar refractivity (Wildman–Crippen MR) is 94.8 cm³/mol. The molecule has 4 nitrogen and oxygen atoms in total. The fraction of sp³-hybridized carbons (Fsp3) is 0.350. The van der Waals surface area contributed by atoms with Gasteiger partial charge in [0.2, 0.25) is 0 Å². The molecule has 0 aliphatic heterocycles. The Morgan fingerprint density at radius 2 is 1.88 bits per heavy atom. The molecular weight excluding hydrogens is 298 g/mol. The Kier molecular flexibility index (Phi) is 3.68. The zero-order chi connectivity index (χ0) is 16.6. The van der Waals surface area contributed by atoms with Gasteiger partial charge in [0.15, 0.2) is 11.4 Å². The van der Waals surface area contributed by atoms with Crippen LogP contribution in [0.25, 0.3) is 22.4 Å². The molecule has 1 aliphatic rings. The largest absolute Gasteiger partial charge is 0.344 e. The van der Waals surface area contributed by atoms with Gasteiger partial charge in [-0.25, -0.2) is 9.97 Å². The molecule has 2 heterocycles. The van der Waals surface area contributed by atoms with Crippen molar-refractivity contribution in [3.05, 3.63) is 48.3 Å². The maximum Gasteiger partial charge on any atom is 0.172 e. The number of carbonyl (C=O) groups excluding carboxylic acids is 1. The Hall–Kier alpha value is -2.49. The van der Waals surface area contributed by atoms with Crippen LogP contribution in [-0.4, -0.2) is 20.7 Å². The van der Waals surface area contributed by atoms with E-state index in [9.17, 15) is 4.79 Å². The Labute approximate surface area is 141 Å². The first-order chi connectivity index (χ1) is 11.7. The minimum absolute atomic E-state index is 0.202. The number of carbonyl (C=O) groups is 1. The normalized spacial score (nSPS) is 17.0. The Bertz CT molecular complexity index is 876. The number of fused-ring (bicyclic) bond motifs is 1. The summed E-state index contributed by atoms with van der Waals surface area (Å²) in [5.41, 5.74) is 3.59. The minimum Gasteiger partial charge on any atom is -0.344 e. The van der Waals surface area contributed by atoms with Gasteiger partial charge in [-0.15, -0.1) is 0 Å². The van der Waals surface area contributed by atoms with Gasteiger partial charge in [-0.05, 0) is 12.8 Å². The summed E-state index contributed by atoms with van der Waals surface area (Å²) in [4.78, 5) is 25.5. The third-order valence-corrected chi connectivity index (χ3v) is 5.20. The van der Waals surface area contributed by atoms with Crippen molar-refractivity contribution in [1.82, 2.24) is 15.0 Å². The van der Waals surface area contributed by atoms with Crippen LogP contribution in [-0.2, 0) is 0 Å². The molecule has 122 valence electrons. The highest BCUT2D eigenvalue weighted by atomic mass is 16.1. The van der Waals surface area contributed by atoms with E-state index in [1.165, 1.54) is 6.42 Å². The van der Waals surface area contributed by atoms with Gasteiger partial charge in [0.1, 0.15) is 5.52 Å². The molecule has 1 fully saturated rings. The van der Waals surface area contributed by atoms with Gasteiger partial charge in [0.05, 0.1) is 17.5 Å². The third kappa shape index (κ3) is 2.52. The molecular formula is C20H21N3O. The van der Waals surface area contributed by atoms with Gasteiger partial charge < -0.3 is 4.98 Å². The lowest BCUT2D eigenvalue weighted by Gasteiger charge is -2.31. The van der Waals surface area contributed by atoms with Crippen molar-refractivity contribution in [2.75, 3.05) is 0 Å². The van der Waals surface area contributed by atoms with Crippen molar-refractivity contribution in [2.24, 2.45) is 5.41 Å². The summed E-state index contributed by atoms with van der Waals surface area (Å²) in [6, 6.07) is 9.95. The molecule has 0 radical (unpaired) electrons. The molecule has 1 aliphatic carbocycles. The molecule has 24 heavy (non-hydrogen) atoms. The van der Waals surface area contributed by atoms with Crippen LogP contribution in [0.3, 0.4) is 0 Å². The van der Waals surface area contributed by atoms with E-state index < -0.39 is 0 Å². The fourth-order valence-corrected chi connectivity index (χ4v) is 3.70. The highest BCUT2D eigenvalue weighted by Crippen LogP contribution is 2.39. The number of aromatic nitrogens is 3. The summed E-state index contributed by atoms with van der Waals surface area (Å²) >= 11 is 0. The molecule has 1 saturated carbocycles. The van der Waals surface area contributed by atoms with Crippen molar-refractivity contribution < 1.29 is 4.79 Å². The number of nitrogens with one attached hydrogen (secondary N) is 1. The van der Waals surface area contributed by atoms with Crippen LogP contribution in [0.4, 0.5) is 0 Å². The maximum absolute atomic E-state index is 13.2. The summed E-state index contributed by atoms with van der Waals surface area (Å²) < 4.78 is 0. The van der Waals surface area contributed by atoms with E-state index >= 15 is 0 Å². The van der Waals surface area contributed by atoms with Crippen LogP contribution in [0.2, 0.25) is 0 Å². The number of Topliss-reactive ketones (excluding diaryl/α,β-unsaturated/α-hetero) is 1. The molecule has 3 aromatic rings. The second-order valence-corrected chi connectivity index (χ2v) is 6.97. The second-order valence-electron chi connectivity index (χ2n) is 6.97. The van der Waals surface area contributed by atoms with E-state index in [-0.39, 0.29) is 11.2 Å². The van der Waals surface area contributed by atoms with Gasteiger partial charge in [0, 0.05) is 17.2 Å². The molecule has 0 spiro atoms. The lowest BCUT2D eigenvalue weighted by atomic mass is 9.71. The SMILES string of the molecule is CC1(C(=O)c2c[nH]c3ncc(-c4ccccc4)nc23)CCCCC1. The number of hydrogen-bond donors (Lipinski definition) is 1. The number of benzene rings is 1. The highest BCUT2D eigenvalue weighted by molar-refractivity contribution is 6.08. The van der Waals surface area contributed by atoms with Crippen LogP contribution in [0.5, 0.6) is 0 Å². The Morgan fingerprint density at radius 1 is 1.12 bits per heavy atom. The molecule has 1 N–H and O–H groups in total. The summed E-state index contributed by atoms with van der Waals surface area (Å²) in [5, 5.41) is 0. The van der Waals surface area contributed by atoms with Gasteiger partial charge in [-0.2, -0.15) is 0 Å². The van der Waals surface area contributed by atoms with Gasteiger partial charge in [0.25, 0.3) is 0 Å². The van der Waals surface area contributed by atoms with Crippen LogP contribution >= 0.6 is 0 Å². The lowest BCUT2D eigenvalue weighted by molar-refractivity contribution is 0.0751. The second kappa shape index (κ2) is 5.86. The zero-order valence-corrected chi connectivity index (χ0v) is 13.9. The van der Waals surface area contributed by atoms with Gasteiger partial charge in [-0.3, -0.25) is 4.79 Å². The van der Waals surface area contributed by atoms with Crippen molar-refractivity contribution in [3.63, 3.8) is 0 Å². The van der Waals surface area contributed by atoms with E-state index in [4.69, 9.17) is 4.98 Å². The topological polar surface area (TPSA) is 58.6 Å². The number of rotatable bonds is 3. The average molecular weight is 319 g/mol. The van der Waals surface area contributed by atoms with E-state index in [2.05, 4.69) is 16.9 Å². The summed E-state index contributed by atoms with van der Waals surface area (Å²) in [6.45, 7) is 2.10. The van der Waals surface area contributed by atoms with Crippen LogP contribution in [0, 0.1) is 5.41 Å². The number of hydrogen-bond acceptors (Lipinski definition) is 3. The average Bonchev–Trinajstić information content (AvgIpc) is 3.05. The van der Waals surface area contributed by atoms with Crippen molar-refractivity contribution in [1.29, 1.82) is 0 Å². The molecule has 0 atom stereocenters. The van der Waals surface area contributed by atoms with E-state index in [1.807, 2.05) is 30.3 Å². The van der Waals surface area contributed by atoms with Crippen molar-refractivity contribution >= 4 is 16.9 Å². The Morgan fingerprint density at radius 3 is 2.62 bits per heavy atom. The first kappa shape index (κ1) is 15.1. The molecule has 1 aromatic carbocycles. The first-order valence-electron chi connectivity index (χ1n) is 8.62. The van der Waals surface area contributed by atoms with Gasteiger partial charge in [-0.1, -0.05) is 56.5 Å². The monoisotopic (exact) mass is 319 g/mol. The summed E-state index contributed by atoms with van der Waals surface area (Å²) in [5.74, 6) is 0.202. The predicted octanol–water partition coefficient (Wildman–Crippen LogP) is 4.78. The fourth-order valence-electron chi connectivity index (χ4n) is 3.70. The summed E-state index contributed by atoms with van der Waals surface area (Å²) in [7, 11) is 0. The quantitative estimate of drug-likeness (QED) is 0.707. The van der Waals surface area contributed by atoms with Crippen LogP contribution in [0.15, 0.2) is 42.7 Å². The van der Waals surface area contributed by atoms with E-state index in [1.54, 1.807) is 12.4 Å². The summed E-state index contributed by atoms with van der Waals surface area (Å²) in [6.07, 6.45) is 8.95. The van der Waals surface area contributed by atoms with E-state index in [0.717, 1.165) is 36.9 Å². The minimum atomic E-state index is -0.266. The van der Waals surface area contributed by atoms with Gasteiger partial charge >= 0.3 is 0 Å². The number of ketones is 1. The van der Waals surface area contributed by atoms with Crippen LogP contribution in [0.1, 0.15) is 49.4 Å². The third-order valence-electron chi connectivity index (χ3n) is 5.20. The molecule has 4 rings (SSSR count). The zero-order valence-electron chi connectivity index (χ0n) is 13.9. The van der Waals surface area contributed by atoms with Crippen molar-refractivity contribution in [3.8, 4) is 11.3 Å². The standard InChI is InChI=1S/C20H21N3O/c1-20(10-6-3-7-11-20)18(24)15-12-21-19-17(15)23-16(13-22-19)14-8-4-2-5-9-14/h2,4-5,8-9,12-13H,3,6-7,10-11H2,1H3,(H,21,22). The van der Waals surface area contributed by atoms with Crippen LogP contribution < -0.4 is 0 Å².